The van der Waals surface area contributed by atoms with E-state index in [0.29, 0.717) is 12.7 Å². The van der Waals surface area contributed by atoms with E-state index in [1.807, 2.05) is 0 Å². The van der Waals surface area contributed by atoms with Crippen LogP contribution in [0.2, 0.25) is 0 Å². The first-order valence-electron chi connectivity index (χ1n) is 10.1. The number of benzene rings is 1. The Labute approximate surface area is 186 Å². The average molecular weight is 505 g/mol. The number of nitrogens with zero attached hydrogens (tertiary/aromatic N) is 1. The molecule has 0 aromatic heterocycles. The molecule has 1 atom stereocenters. The van der Waals surface area contributed by atoms with E-state index in [-0.39, 0.29) is 24.0 Å². The Morgan fingerprint density at radius 1 is 1.32 bits per heavy atom. The number of halogens is 1. The van der Waals surface area contributed by atoms with Gasteiger partial charge in [-0.25, -0.2) is 0 Å². The second kappa shape index (κ2) is 14.9. The van der Waals surface area contributed by atoms with Crippen LogP contribution in [0.4, 0.5) is 0 Å². The first-order chi connectivity index (χ1) is 13.2. The van der Waals surface area contributed by atoms with Gasteiger partial charge >= 0.3 is 0 Å². The highest BCUT2D eigenvalue weighted by molar-refractivity contribution is 14.0. The van der Waals surface area contributed by atoms with Gasteiger partial charge in [0.05, 0.1) is 19.8 Å². The predicted molar refractivity (Wildman–Crippen MR) is 125 cm³/mol. The molecule has 28 heavy (non-hydrogen) atoms. The zero-order valence-electron chi connectivity index (χ0n) is 17.5. The van der Waals surface area contributed by atoms with E-state index in [2.05, 4.69) is 47.7 Å². The minimum absolute atomic E-state index is 0. The summed E-state index contributed by atoms with van der Waals surface area (Å²) in [6.07, 6.45) is 4.42. The van der Waals surface area contributed by atoms with Gasteiger partial charge < -0.3 is 24.8 Å². The molecule has 1 aliphatic heterocycles. The largest absolute Gasteiger partial charge is 0.496 e. The topological polar surface area (TPSA) is 64.1 Å². The lowest BCUT2D eigenvalue weighted by atomic mass is 10.1. The summed E-state index contributed by atoms with van der Waals surface area (Å²) < 4.78 is 16.6. The molecule has 1 aliphatic rings. The molecule has 0 spiro atoms. The van der Waals surface area contributed by atoms with Gasteiger partial charge in [-0.05, 0) is 56.7 Å². The Morgan fingerprint density at radius 3 is 2.89 bits per heavy atom. The van der Waals surface area contributed by atoms with Crippen molar-refractivity contribution in [2.24, 2.45) is 4.99 Å². The Kier molecular flexibility index (Phi) is 13.3. The normalized spacial score (nSPS) is 16.5. The van der Waals surface area contributed by atoms with Gasteiger partial charge in [0.1, 0.15) is 5.75 Å². The van der Waals surface area contributed by atoms with Crippen LogP contribution in [0, 0.1) is 6.92 Å². The van der Waals surface area contributed by atoms with Gasteiger partial charge in [0, 0.05) is 32.8 Å². The van der Waals surface area contributed by atoms with E-state index in [0.717, 1.165) is 75.8 Å². The Bertz CT molecular complexity index is 578. The van der Waals surface area contributed by atoms with Gasteiger partial charge in [-0.2, -0.15) is 0 Å². The lowest BCUT2D eigenvalue weighted by Gasteiger charge is -2.12. The fraction of sp³-hybridized carbons (Fsp3) is 0.667. The van der Waals surface area contributed by atoms with Crippen molar-refractivity contribution in [2.75, 3.05) is 46.6 Å². The lowest BCUT2D eigenvalue weighted by molar-refractivity contribution is 0.0171. The van der Waals surface area contributed by atoms with Crippen LogP contribution in [0.1, 0.15) is 37.3 Å². The Morgan fingerprint density at radius 2 is 2.18 bits per heavy atom. The number of aryl methyl sites for hydroxylation is 1. The van der Waals surface area contributed by atoms with Crippen LogP contribution in [0.3, 0.4) is 0 Å². The molecule has 0 aliphatic carbocycles. The van der Waals surface area contributed by atoms with E-state index < -0.39 is 0 Å². The summed E-state index contributed by atoms with van der Waals surface area (Å²) >= 11 is 0. The number of nitrogens with one attached hydrogen (secondary N) is 2. The molecule has 0 amide bonds. The number of hydrogen-bond acceptors (Lipinski definition) is 4. The van der Waals surface area contributed by atoms with E-state index in [9.17, 15) is 0 Å². The fourth-order valence-electron chi connectivity index (χ4n) is 3.03. The highest BCUT2D eigenvalue weighted by atomic mass is 127. The van der Waals surface area contributed by atoms with Gasteiger partial charge in [0.15, 0.2) is 5.96 Å². The molecule has 160 valence electrons. The van der Waals surface area contributed by atoms with Crippen molar-refractivity contribution < 1.29 is 14.2 Å². The second-order valence-corrected chi connectivity index (χ2v) is 6.80. The third kappa shape index (κ3) is 9.43. The van der Waals surface area contributed by atoms with Gasteiger partial charge in [-0.1, -0.05) is 12.1 Å². The zero-order chi connectivity index (χ0) is 19.3. The number of hydrogen-bond donors (Lipinski definition) is 2. The smallest absolute Gasteiger partial charge is 0.191 e. The molecule has 7 heteroatoms. The third-order valence-electron chi connectivity index (χ3n) is 4.57. The molecule has 2 N–H and O–H groups in total. The second-order valence-electron chi connectivity index (χ2n) is 6.80. The number of methoxy groups -OCH3 is 1. The van der Waals surface area contributed by atoms with Crippen molar-refractivity contribution in [2.45, 2.75) is 45.6 Å². The minimum atomic E-state index is 0. The maximum absolute atomic E-state index is 5.68. The number of aliphatic imine (C=N–C) groups is 1. The monoisotopic (exact) mass is 505 g/mol. The molecule has 0 radical (unpaired) electrons. The maximum Gasteiger partial charge on any atom is 0.191 e. The van der Waals surface area contributed by atoms with E-state index in [1.54, 1.807) is 7.11 Å². The third-order valence-corrected chi connectivity index (χ3v) is 4.57. The molecule has 6 nitrogen and oxygen atoms in total. The van der Waals surface area contributed by atoms with Crippen molar-refractivity contribution >= 4 is 29.9 Å². The first-order valence-corrected chi connectivity index (χ1v) is 10.1. The van der Waals surface area contributed by atoms with Gasteiger partial charge in [-0.3, -0.25) is 4.99 Å². The zero-order valence-corrected chi connectivity index (χ0v) is 19.8. The van der Waals surface area contributed by atoms with Gasteiger partial charge in [-0.15, -0.1) is 24.0 Å². The minimum Gasteiger partial charge on any atom is -0.496 e. The van der Waals surface area contributed by atoms with Crippen LogP contribution in [-0.2, 0) is 15.9 Å². The lowest BCUT2D eigenvalue weighted by Crippen LogP contribution is -2.38. The molecule has 2 rings (SSSR count). The highest BCUT2D eigenvalue weighted by Crippen LogP contribution is 2.19. The van der Waals surface area contributed by atoms with Crippen molar-refractivity contribution in [3.05, 3.63) is 29.3 Å². The summed E-state index contributed by atoms with van der Waals surface area (Å²) in [6, 6.07) is 6.35. The van der Waals surface area contributed by atoms with E-state index >= 15 is 0 Å². The van der Waals surface area contributed by atoms with Crippen molar-refractivity contribution in [1.29, 1.82) is 0 Å². The van der Waals surface area contributed by atoms with Gasteiger partial charge in [0.2, 0.25) is 0 Å². The summed E-state index contributed by atoms with van der Waals surface area (Å²) in [5, 5.41) is 6.68. The SMILES string of the molecule is CCNC(=NCCCOCC1CCCO1)NCCc1ccc(C)c(OC)c1.I. The van der Waals surface area contributed by atoms with Crippen LogP contribution >= 0.6 is 24.0 Å². The van der Waals surface area contributed by atoms with Crippen LogP contribution in [0.5, 0.6) is 5.75 Å². The first kappa shape index (κ1) is 25.0. The summed E-state index contributed by atoms with van der Waals surface area (Å²) in [5.41, 5.74) is 2.41. The quantitative estimate of drug-likeness (QED) is 0.209. The molecule has 1 heterocycles. The van der Waals surface area contributed by atoms with E-state index in [4.69, 9.17) is 14.2 Å². The van der Waals surface area contributed by atoms with Crippen molar-refractivity contribution in [1.82, 2.24) is 10.6 Å². The predicted octanol–water partition coefficient (Wildman–Crippen LogP) is 3.30. The van der Waals surface area contributed by atoms with Crippen LogP contribution in [0.25, 0.3) is 0 Å². The van der Waals surface area contributed by atoms with Crippen LogP contribution in [0.15, 0.2) is 23.2 Å². The molecule has 1 unspecified atom stereocenters. The molecular weight excluding hydrogens is 469 g/mol. The molecular formula is C21H36IN3O3. The summed E-state index contributed by atoms with van der Waals surface area (Å²) in [7, 11) is 1.71. The fourth-order valence-corrected chi connectivity index (χ4v) is 3.03. The maximum atomic E-state index is 5.68. The number of rotatable bonds is 11. The molecule has 1 aromatic rings. The van der Waals surface area contributed by atoms with Crippen molar-refractivity contribution in [3.63, 3.8) is 0 Å². The Hall–Kier alpha value is -1.06. The van der Waals surface area contributed by atoms with Crippen LogP contribution < -0.4 is 15.4 Å². The van der Waals surface area contributed by atoms with Gasteiger partial charge in [0.25, 0.3) is 0 Å². The molecule has 1 fully saturated rings. The highest BCUT2D eigenvalue weighted by Gasteiger charge is 2.14. The summed E-state index contributed by atoms with van der Waals surface area (Å²) in [4.78, 5) is 4.62. The summed E-state index contributed by atoms with van der Waals surface area (Å²) in [6.45, 7) is 8.87. The van der Waals surface area contributed by atoms with E-state index in [1.165, 1.54) is 5.56 Å². The standard InChI is InChI=1S/C21H35N3O3.HI/c1-4-22-21(23-11-6-13-26-16-19-7-5-14-27-19)24-12-10-18-9-8-17(2)20(15-18)25-3;/h8-9,15,19H,4-7,10-14,16H2,1-3H3,(H2,22,23,24);1H. The van der Waals surface area contributed by atoms with Crippen molar-refractivity contribution in [3.8, 4) is 5.75 Å². The summed E-state index contributed by atoms with van der Waals surface area (Å²) in [5.74, 6) is 1.80. The number of guanidine groups is 1. The van der Waals surface area contributed by atoms with Crippen LogP contribution in [-0.4, -0.2) is 58.6 Å². The molecule has 0 saturated carbocycles. The molecule has 1 aromatic carbocycles. The average Bonchev–Trinajstić information content (AvgIpc) is 3.19. The number of ether oxygens (including phenoxy) is 3. The molecule has 0 bridgehead atoms. The molecule has 1 saturated heterocycles. The Balaban J connectivity index is 0.00000392.